The number of carbonyl (C=O) groups is 1. The Balaban J connectivity index is 2.08. The third kappa shape index (κ3) is 4.37. The van der Waals surface area contributed by atoms with Gasteiger partial charge in [0, 0.05) is 4.47 Å². The van der Waals surface area contributed by atoms with Crippen molar-refractivity contribution >= 4 is 21.9 Å². The van der Waals surface area contributed by atoms with Crippen molar-refractivity contribution in [3.05, 3.63) is 105 Å². The fraction of sp³-hybridized carbons (Fsp3) is 0.136. The van der Waals surface area contributed by atoms with E-state index in [1.165, 1.54) is 18.2 Å². The molecule has 25 heavy (non-hydrogen) atoms. The molecule has 0 heterocycles. The summed E-state index contributed by atoms with van der Waals surface area (Å²) in [6.07, 6.45) is 1.47. The summed E-state index contributed by atoms with van der Waals surface area (Å²) in [5.74, 6) is -0.304. The van der Waals surface area contributed by atoms with Gasteiger partial charge in [-0.05, 0) is 47.2 Å². The van der Waals surface area contributed by atoms with E-state index in [1.807, 2.05) is 42.5 Å². The molecule has 0 saturated heterocycles. The smallest absolute Gasteiger partial charge is 0.338 e. The Morgan fingerprint density at radius 1 is 0.880 bits per heavy atom. The average molecular weight is 395 g/mol. The van der Waals surface area contributed by atoms with Gasteiger partial charge in [0.1, 0.15) is 0 Å². The van der Waals surface area contributed by atoms with Gasteiger partial charge in [0.2, 0.25) is 0 Å². The minimum absolute atomic E-state index is 0.304. The van der Waals surface area contributed by atoms with Gasteiger partial charge in [0.25, 0.3) is 0 Å². The van der Waals surface area contributed by atoms with E-state index in [9.17, 15) is 4.79 Å². The molecule has 126 valence electrons. The molecule has 0 saturated carbocycles. The molecule has 0 bridgehead atoms. The first kappa shape index (κ1) is 17.4. The lowest BCUT2D eigenvalue weighted by Gasteiger charge is -2.15. The molecular formula is C22H19BrO2. The number of hydrogen-bond acceptors (Lipinski definition) is 2. The van der Waals surface area contributed by atoms with Crippen LogP contribution >= 0.6 is 15.9 Å². The Morgan fingerprint density at radius 2 is 1.44 bits per heavy atom. The van der Waals surface area contributed by atoms with Crippen LogP contribution in [0.15, 0.2) is 77.3 Å². The molecule has 0 atom stereocenters. The number of benzene rings is 3. The summed E-state index contributed by atoms with van der Waals surface area (Å²) in [4.78, 5) is 12.3. The first-order valence-electron chi connectivity index (χ1n) is 8.15. The van der Waals surface area contributed by atoms with Crippen molar-refractivity contribution in [3.8, 4) is 0 Å². The normalized spacial score (nSPS) is 10.5. The average Bonchev–Trinajstić information content (AvgIpc) is 2.64. The van der Waals surface area contributed by atoms with Gasteiger partial charge >= 0.3 is 5.97 Å². The standard InChI is InChI=1S/C22H19BrO2/c1-25-22(24)21-15-19(23)14-18(12-16-8-4-2-5-9-16)20(21)13-17-10-6-3-7-11-17/h2-11,14-15H,12-13H2,1H3. The van der Waals surface area contributed by atoms with Crippen molar-refractivity contribution in [1.82, 2.24) is 0 Å². The summed E-state index contributed by atoms with van der Waals surface area (Å²) >= 11 is 3.54. The molecule has 0 N–H and O–H groups in total. The number of methoxy groups -OCH3 is 1. The van der Waals surface area contributed by atoms with Gasteiger partial charge in [0.05, 0.1) is 12.7 Å². The molecule has 2 nitrogen and oxygen atoms in total. The lowest BCUT2D eigenvalue weighted by molar-refractivity contribution is 0.0599. The van der Waals surface area contributed by atoms with E-state index < -0.39 is 0 Å². The Labute approximate surface area is 156 Å². The molecule has 0 aliphatic carbocycles. The fourth-order valence-electron chi connectivity index (χ4n) is 2.97. The zero-order valence-electron chi connectivity index (χ0n) is 14.0. The van der Waals surface area contributed by atoms with E-state index in [0.717, 1.165) is 22.0 Å². The highest BCUT2D eigenvalue weighted by Crippen LogP contribution is 2.27. The maximum Gasteiger partial charge on any atom is 0.338 e. The van der Waals surface area contributed by atoms with Gasteiger partial charge in [-0.3, -0.25) is 0 Å². The minimum atomic E-state index is -0.304. The first-order valence-corrected chi connectivity index (χ1v) is 8.94. The molecule has 3 aromatic rings. The van der Waals surface area contributed by atoms with Crippen molar-refractivity contribution in [2.45, 2.75) is 12.8 Å². The third-order valence-corrected chi connectivity index (χ3v) is 4.63. The summed E-state index contributed by atoms with van der Waals surface area (Å²) in [5.41, 5.74) is 5.15. The number of halogens is 1. The Hall–Kier alpha value is -2.39. The van der Waals surface area contributed by atoms with Crippen LogP contribution in [-0.2, 0) is 17.6 Å². The highest BCUT2D eigenvalue weighted by atomic mass is 79.9. The van der Waals surface area contributed by atoms with E-state index in [4.69, 9.17) is 4.74 Å². The Morgan fingerprint density at radius 3 is 2.00 bits per heavy atom. The van der Waals surface area contributed by atoms with Crippen LogP contribution in [0.4, 0.5) is 0 Å². The number of rotatable bonds is 5. The van der Waals surface area contributed by atoms with Crippen LogP contribution in [0, 0.1) is 0 Å². The summed E-state index contributed by atoms with van der Waals surface area (Å²) in [6.45, 7) is 0. The van der Waals surface area contributed by atoms with E-state index in [0.29, 0.717) is 12.0 Å². The van der Waals surface area contributed by atoms with Crippen molar-refractivity contribution in [2.24, 2.45) is 0 Å². The molecule has 0 spiro atoms. The van der Waals surface area contributed by atoms with Crippen LogP contribution < -0.4 is 0 Å². The molecule has 3 aromatic carbocycles. The van der Waals surface area contributed by atoms with Gasteiger partial charge in [-0.15, -0.1) is 0 Å². The second-order valence-electron chi connectivity index (χ2n) is 5.91. The molecular weight excluding hydrogens is 376 g/mol. The van der Waals surface area contributed by atoms with E-state index in [1.54, 1.807) is 0 Å². The van der Waals surface area contributed by atoms with Gasteiger partial charge < -0.3 is 4.74 Å². The zero-order chi connectivity index (χ0) is 17.6. The molecule has 0 aromatic heterocycles. The van der Waals surface area contributed by atoms with Gasteiger partial charge in [0.15, 0.2) is 0 Å². The van der Waals surface area contributed by atoms with Crippen LogP contribution in [0.3, 0.4) is 0 Å². The Kier molecular flexibility index (Phi) is 5.67. The maximum absolute atomic E-state index is 12.3. The topological polar surface area (TPSA) is 26.3 Å². The highest BCUT2D eigenvalue weighted by Gasteiger charge is 2.17. The van der Waals surface area contributed by atoms with Crippen molar-refractivity contribution < 1.29 is 9.53 Å². The van der Waals surface area contributed by atoms with Gasteiger partial charge in [-0.1, -0.05) is 76.6 Å². The second-order valence-corrected chi connectivity index (χ2v) is 6.82. The summed E-state index contributed by atoms with van der Waals surface area (Å²) < 4.78 is 5.90. The number of ether oxygens (including phenoxy) is 1. The fourth-order valence-corrected chi connectivity index (χ4v) is 3.47. The first-order chi connectivity index (χ1) is 12.2. The molecule has 3 rings (SSSR count). The zero-order valence-corrected chi connectivity index (χ0v) is 15.6. The van der Waals surface area contributed by atoms with Gasteiger partial charge in [-0.2, -0.15) is 0 Å². The van der Waals surface area contributed by atoms with Crippen molar-refractivity contribution in [3.63, 3.8) is 0 Å². The van der Waals surface area contributed by atoms with Crippen molar-refractivity contribution in [2.75, 3.05) is 7.11 Å². The lowest BCUT2D eigenvalue weighted by atomic mass is 9.91. The predicted octanol–water partition coefficient (Wildman–Crippen LogP) is 5.42. The molecule has 0 radical (unpaired) electrons. The molecule has 0 aliphatic heterocycles. The molecule has 0 aliphatic rings. The number of carbonyl (C=O) groups excluding carboxylic acids is 1. The maximum atomic E-state index is 12.3. The number of esters is 1. The summed E-state index contributed by atoms with van der Waals surface area (Å²) in [7, 11) is 1.42. The molecule has 0 amide bonds. The van der Waals surface area contributed by atoms with Gasteiger partial charge in [-0.25, -0.2) is 4.79 Å². The largest absolute Gasteiger partial charge is 0.465 e. The van der Waals surface area contributed by atoms with Crippen LogP contribution in [-0.4, -0.2) is 13.1 Å². The Bertz CT molecular complexity index is 858. The molecule has 0 fully saturated rings. The SMILES string of the molecule is COC(=O)c1cc(Br)cc(Cc2ccccc2)c1Cc1ccccc1. The molecule has 3 heteroatoms. The van der Waals surface area contributed by atoms with E-state index in [-0.39, 0.29) is 5.97 Å². The minimum Gasteiger partial charge on any atom is -0.465 e. The van der Waals surface area contributed by atoms with Crippen LogP contribution in [0.25, 0.3) is 0 Å². The third-order valence-electron chi connectivity index (χ3n) is 4.17. The van der Waals surface area contributed by atoms with Crippen LogP contribution in [0.1, 0.15) is 32.6 Å². The van der Waals surface area contributed by atoms with Crippen molar-refractivity contribution in [1.29, 1.82) is 0 Å². The van der Waals surface area contributed by atoms with Crippen LogP contribution in [0.2, 0.25) is 0 Å². The second kappa shape index (κ2) is 8.13. The monoisotopic (exact) mass is 394 g/mol. The quantitative estimate of drug-likeness (QED) is 0.540. The predicted molar refractivity (Wildman–Crippen MR) is 104 cm³/mol. The number of hydrogen-bond donors (Lipinski definition) is 0. The highest BCUT2D eigenvalue weighted by molar-refractivity contribution is 9.10. The van der Waals surface area contributed by atoms with Crippen LogP contribution in [0.5, 0.6) is 0 Å². The van der Waals surface area contributed by atoms with E-state index >= 15 is 0 Å². The summed E-state index contributed by atoms with van der Waals surface area (Å²) in [6, 6.07) is 24.4. The lowest BCUT2D eigenvalue weighted by Crippen LogP contribution is -2.10. The molecule has 0 unspecified atom stereocenters. The van der Waals surface area contributed by atoms with E-state index in [2.05, 4.69) is 46.3 Å². The summed E-state index contributed by atoms with van der Waals surface area (Å²) in [5, 5.41) is 0.